The predicted octanol–water partition coefficient (Wildman–Crippen LogP) is 1.50. The number of hydrogen-bond donors (Lipinski definition) is 2. The lowest BCUT2D eigenvalue weighted by Gasteiger charge is -2.40. The van der Waals surface area contributed by atoms with Crippen LogP contribution in [0.5, 0.6) is 5.75 Å². The smallest absolute Gasteiger partial charge is 0.286 e. The maximum absolute atomic E-state index is 13.1. The molecule has 2 aliphatic rings. The molecule has 3 rings (SSSR count). The first-order chi connectivity index (χ1) is 12.0. The van der Waals surface area contributed by atoms with E-state index in [9.17, 15) is 14.3 Å². The number of phenols is 1. The number of aliphatic imine (C=N–C) groups is 1. The maximum Gasteiger partial charge on any atom is 0.286 e. The summed E-state index contributed by atoms with van der Waals surface area (Å²) in [6.45, 7) is 5.17. The summed E-state index contributed by atoms with van der Waals surface area (Å²) in [7, 11) is 0. The minimum absolute atomic E-state index is 0.134. The second-order valence-corrected chi connectivity index (χ2v) is 7.09. The molecule has 0 spiro atoms. The van der Waals surface area contributed by atoms with Gasteiger partial charge >= 0.3 is 0 Å². The Morgan fingerprint density at radius 3 is 2.92 bits per heavy atom. The number of carbonyl (C=O) groups excluding carboxylic acids is 1. The number of benzene rings is 1. The van der Waals surface area contributed by atoms with Gasteiger partial charge in [-0.3, -0.25) is 9.69 Å². The molecule has 1 atom stereocenters. The molecule has 1 aromatic rings. The summed E-state index contributed by atoms with van der Waals surface area (Å²) in [5, 5.41) is 19.5. The van der Waals surface area contributed by atoms with Gasteiger partial charge in [-0.05, 0) is 36.9 Å². The van der Waals surface area contributed by atoms with Crippen molar-refractivity contribution in [3.63, 3.8) is 0 Å². The highest BCUT2D eigenvalue weighted by molar-refractivity contribution is 8.18. The van der Waals surface area contributed by atoms with Crippen LogP contribution in [-0.2, 0) is 4.79 Å². The van der Waals surface area contributed by atoms with Gasteiger partial charge in [0.2, 0.25) is 0 Å². The maximum atomic E-state index is 13.1. The highest BCUT2D eigenvalue weighted by Gasteiger charge is 2.32. The van der Waals surface area contributed by atoms with E-state index in [0.717, 1.165) is 25.7 Å². The Labute approximate surface area is 149 Å². The lowest BCUT2D eigenvalue weighted by atomic mass is 10.2. The molecule has 0 saturated carbocycles. The Hall–Kier alpha value is -1.90. The van der Waals surface area contributed by atoms with Crippen molar-refractivity contribution in [1.82, 2.24) is 9.80 Å². The number of rotatable bonds is 3. The van der Waals surface area contributed by atoms with Crippen LogP contribution < -0.4 is 0 Å². The quantitative estimate of drug-likeness (QED) is 0.791. The minimum atomic E-state index is -0.531. The molecule has 6 nitrogen and oxygen atoms in total. The summed E-state index contributed by atoms with van der Waals surface area (Å²) in [5.74, 6) is -1.09. The van der Waals surface area contributed by atoms with E-state index in [1.54, 1.807) is 0 Å². The van der Waals surface area contributed by atoms with E-state index < -0.39 is 5.82 Å². The van der Waals surface area contributed by atoms with Gasteiger partial charge < -0.3 is 15.1 Å². The molecule has 0 aromatic heterocycles. The number of hydrogen-bond acceptors (Lipinski definition) is 6. The Morgan fingerprint density at radius 2 is 2.24 bits per heavy atom. The van der Waals surface area contributed by atoms with Crippen LogP contribution in [0.2, 0.25) is 0 Å². The van der Waals surface area contributed by atoms with E-state index in [2.05, 4.69) is 21.7 Å². The lowest BCUT2D eigenvalue weighted by molar-refractivity contribution is -0.113. The summed E-state index contributed by atoms with van der Waals surface area (Å²) in [5.41, 5.74) is 0.384. The molecule has 0 unspecified atom stereocenters. The van der Waals surface area contributed by atoms with E-state index in [0.29, 0.717) is 22.2 Å². The third-order valence-corrected chi connectivity index (χ3v) is 5.28. The van der Waals surface area contributed by atoms with E-state index >= 15 is 0 Å². The van der Waals surface area contributed by atoms with Crippen LogP contribution in [0.1, 0.15) is 12.5 Å². The highest BCUT2D eigenvalue weighted by atomic mass is 32.2. The van der Waals surface area contributed by atoms with Gasteiger partial charge in [0, 0.05) is 43.9 Å². The molecule has 1 saturated heterocycles. The van der Waals surface area contributed by atoms with Crippen molar-refractivity contribution < 1.29 is 19.4 Å². The molecule has 2 N–H and O–H groups in total. The lowest BCUT2D eigenvalue weighted by Crippen LogP contribution is -2.53. The number of piperazine rings is 1. The Kier molecular flexibility index (Phi) is 5.41. The van der Waals surface area contributed by atoms with Crippen LogP contribution in [-0.4, -0.2) is 69.9 Å². The molecule has 2 heterocycles. The number of aliphatic hydroxyl groups excluding tert-OH is 1. The average molecular weight is 365 g/mol. The number of aliphatic hydroxyl groups is 1. The first-order valence-corrected chi connectivity index (χ1v) is 8.90. The largest absolute Gasteiger partial charge is 0.507 e. The van der Waals surface area contributed by atoms with Gasteiger partial charge in [0.05, 0.1) is 11.5 Å². The number of carbonyl (C=O) groups is 1. The second kappa shape index (κ2) is 7.55. The number of thioether (sulfide) groups is 1. The third kappa shape index (κ3) is 4.02. The zero-order valence-corrected chi connectivity index (χ0v) is 14.7. The fourth-order valence-corrected chi connectivity index (χ4v) is 4.00. The molecule has 8 heteroatoms. The summed E-state index contributed by atoms with van der Waals surface area (Å²) < 4.78 is 13.1. The van der Waals surface area contributed by atoms with Crippen molar-refractivity contribution in [2.75, 3.05) is 32.8 Å². The fraction of sp³-hybridized carbons (Fsp3) is 0.412. The van der Waals surface area contributed by atoms with Gasteiger partial charge in [-0.2, -0.15) is 4.99 Å². The van der Waals surface area contributed by atoms with Gasteiger partial charge in [-0.1, -0.05) is 0 Å². The fourth-order valence-electron chi connectivity index (χ4n) is 2.96. The monoisotopic (exact) mass is 365 g/mol. The zero-order chi connectivity index (χ0) is 18.0. The van der Waals surface area contributed by atoms with Crippen LogP contribution in [0.15, 0.2) is 28.1 Å². The Bertz CT molecular complexity index is 738. The summed E-state index contributed by atoms with van der Waals surface area (Å²) >= 11 is 1.27. The standard InChI is InChI=1S/C17H20FN3O3S/c1-11-10-20(6-7-22)4-5-21(11)17-19-16(24)15(25-17)8-12-2-3-13(18)9-14(12)23/h2-3,8-9,11,22-23H,4-7,10H2,1H3/t11-/m0/s1. The van der Waals surface area contributed by atoms with Crippen molar-refractivity contribution in [2.24, 2.45) is 4.99 Å². The first kappa shape index (κ1) is 17.9. The van der Waals surface area contributed by atoms with E-state index in [1.165, 1.54) is 30.0 Å². The normalized spacial score (nSPS) is 23.4. The van der Waals surface area contributed by atoms with Gasteiger partial charge in [0.15, 0.2) is 5.17 Å². The molecule has 2 aliphatic heterocycles. The van der Waals surface area contributed by atoms with E-state index in [-0.39, 0.29) is 24.3 Å². The SMILES string of the molecule is C[C@H]1CN(CCO)CCN1C1=NC(=O)C(=Cc2ccc(F)cc2O)S1. The molecule has 1 fully saturated rings. The van der Waals surface area contributed by atoms with Crippen molar-refractivity contribution in [3.8, 4) is 5.75 Å². The van der Waals surface area contributed by atoms with Crippen molar-refractivity contribution in [1.29, 1.82) is 0 Å². The summed E-state index contributed by atoms with van der Waals surface area (Å²) in [4.78, 5) is 21.0. The summed E-state index contributed by atoms with van der Waals surface area (Å²) in [6.07, 6.45) is 1.53. The van der Waals surface area contributed by atoms with Crippen LogP contribution >= 0.6 is 11.8 Å². The highest BCUT2D eigenvalue weighted by Crippen LogP contribution is 2.33. The Balaban J connectivity index is 1.71. The van der Waals surface area contributed by atoms with E-state index in [4.69, 9.17) is 5.11 Å². The van der Waals surface area contributed by atoms with Gasteiger partial charge in [-0.25, -0.2) is 4.39 Å². The first-order valence-electron chi connectivity index (χ1n) is 8.09. The molecule has 0 aliphatic carbocycles. The van der Waals surface area contributed by atoms with Crippen molar-refractivity contribution >= 4 is 28.9 Å². The van der Waals surface area contributed by atoms with Crippen LogP contribution in [0.4, 0.5) is 4.39 Å². The predicted molar refractivity (Wildman–Crippen MR) is 95.8 cm³/mol. The number of nitrogens with zero attached hydrogens (tertiary/aromatic N) is 3. The number of phenolic OH excluding ortho intramolecular Hbond substituents is 1. The molecular formula is C17H20FN3O3S. The third-order valence-electron chi connectivity index (χ3n) is 4.26. The number of aromatic hydroxyl groups is 1. The number of amides is 1. The summed E-state index contributed by atoms with van der Waals surface area (Å²) in [6, 6.07) is 3.86. The van der Waals surface area contributed by atoms with Gasteiger partial charge in [0.1, 0.15) is 11.6 Å². The van der Waals surface area contributed by atoms with Crippen molar-refractivity contribution in [3.05, 3.63) is 34.5 Å². The molecule has 1 aromatic carbocycles. The van der Waals surface area contributed by atoms with Crippen LogP contribution in [0.25, 0.3) is 6.08 Å². The number of amidine groups is 1. The molecule has 134 valence electrons. The minimum Gasteiger partial charge on any atom is -0.507 e. The molecular weight excluding hydrogens is 345 g/mol. The Morgan fingerprint density at radius 1 is 1.44 bits per heavy atom. The zero-order valence-electron chi connectivity index (χ0n) is 13.9. The van der Waals surface area contributed by atoms with Crippen molar-refractivity contribution in [2.45, 2.75) is 13.0 Å². The number of β-amino-alcohol motifs (C(OH)–C–C–N with tert-alkyl or cyclic N) is 1. The second-order valence-electron chi connectivity index (χ2n) is 6.08. The average Bonchev–Trinajstić information content (AvgIpc) is 2.91. The van der Waals surface area contributed by atoms with E-state index in [1.807, 2.05) is 0 Å². The van der Waals surface area contributed by atoms with Crippen LogP contribution in [0.3, 0.4) is 0 Å². The van der Waals surface area contributed by atoms with Crippen LogP contribution in [0, 0.1) is 5.82 Å². The molecule has 0 bridgehead atoms. The van der Waals surface area contributed by atoms with Gasteiger partial charge in [0.25, 0.3) is 5.91 Å². The molecule has 1 amide bonds. The molecule has 0 radical (unpaired) electrons. The topological polar surface area (TPSA) is 76.4 Å². The molecule has 25 heavy (non-hydrogen) atoms. The number of halogens is 1. The van der Waals surface area contributed by atoms with Gasteiger partial charge in [-0.15, -0.1) is 0 Å².